The molecule has 0 aliphatic heterocycles. The van der Waals surface area contributed by atoms with Crippen LogP contribution in [0.2, 0.25) is 0 Å². The van der Waals surface area contributed by atoms with E-state index in [0.29, 0.717) is 15.5 Å². The van der Waals surface area contributed by atoms with Crippen LogP contribution in [0.4, 0.5) is 0 Å². The molecule has 1 heteroatoms. The average molecular weight is 572 g/mol. The van der Waals surface area contributed by atoms with Crippen molar-refractivity contribution >= 4 is 3.21 Å². The molecule has 0 unspecified atom stereocenters. The van der Waals surface area contributed by atoms with Crippen LogP contribution in [-0.4, -0.2) is 3.21 Å². The maximum absolute atomic E-state index is 2.69. The average Bonchev–Trinajstić information content (AvgIpc) is 3.54. The van der Waals surface area contributed by atoms with Gasteiger partial charge >= 0.3 is 237 Å². The summed E-state index contributed by atoms with van der Waals surface area (Å²) in [7, 11) is 0. The van der Waals surface area contributed by atoms with Crippen LogP contribution in [0.5, 0.6) is 0 Å². The molecule has 2 aliphatic carbocycles. The van der Waals surface area contributed by atoms with Crippen molar-refractivity contribution in [2.45, 2.75) is 37.7 Å². The molecule has 0 fully saturated rings. The van der Waals surface area contributed by atoms with Crippen molar-refractivity contribution in [1.29, 1.82) is 0 Å². The number of allylic oxidation sites excluding steroid dienone is 4. The van der Waals surface area contributed by atoms with E-state index in [0.717, 1.165) is 6.42 Å². The molecule has 4 aromatic rings. The molecule has 0 saturated heterocycles. The molecule has 38 heavy (non-hydrogen) atoms. The molecule has 0 amide bonds. The van der Waals surface area contributed by atoms with Crippen LogP contribution in [0.15, 0.2) is 130 Å². The number of fused-ring (bicyclic) bond motifs is 3. The molecule has 0 heterocycles. The second-order valence-electron chi connectivity index (χ2n) is 11.3. The van der Waals surface area contributed by atoms with Gasteiger partial charge in [-0.3, -0.25) is 0 Å². The molecule has 0 bridgehead atoms. The Morgan fingerprint density at radius 3 is 1.55 bits per heavy atom. The molecular formula is C37H36Zr. The first-order valence-electron chi connectivity index (χ1n) is 14.0. The van der Waals surface area contributed by atoms with Crippen LogP contribution in [0, 0.1) is 11.8 Å². The maximum atomic E-state index is 2.59. The summed E-state index contributed by atoms with van der Waals surface area (Å²) < 4.78 is 3.89. The van der Waals surface area contributed by atoms with E-state index >= 15 is 0 Å². The fourth-order valence-corrected chi connectivity index (χ4v) is 16.4. The zero-order chi connectivity index (χ0) is 26.2. The molecular weight excluding hydrogens is 536 g/mol. The topological polar surface area (TPSA) is 0 Å². The summed E-state index contributed by atoms with van der Waals surface area (Å²) in [6.07, 6.45) is 3.73. The van der Waals surface area contributed by atoms with Gasteiger partial charge in [0.15, 0.2) is 0 Å². The van der Waals surface area contributed by atoms with Crippen molar-refractivity contribution in [3.05, 3.63) is 152 Å². The molecule has 6 rings (SSSR count). The van der Waals surface area contributed by atoms with Gasteiger partial charge < -0.3 is 0 Å². The zero-order valence-electron chi connectivity index (χ0n) is 22.9. The van der Waals surface area contributed by atoms with Gasteiger partial charge in [0, 0.05) is 0 Å². The van der Waals surface area contributed by atoms with E-state index in [1.807, 2.05) is 0 Å². The molecule has 0 spiro atoms. The SMILES string of the molecule is CC(C)C1=CC(C(C)C)=[C]([Zr](=[C](c2ccccc2)c2ccccc2)[CH]2c3ccccc3-c3ccccc32)C1. The Balaban J connectivity index is 1.74. The summed E-state index contributed by atoms with van der Waals surface area (Å²) >= 11 is -2.69. The van der Waals surface area contributed by atoms with Gasteiger partial charge in [-0.1, -0.05) is 0 Å². The van der Waals surface area contributed by atoms with Crippen molar-refractivity contribution in [1.82, 2.24) is 0 Å². The second-order valence-corrected chi connectivity index (χ2v) is 17.4. The van der Waals surface area contributed by atoms with Crippen LogP contribution in [0.3, 0.4) is 0 Å². The summed E-state index contributed by atoms with van der Waals surface area (Å²) in [6.45, 7) is 9.54. The standard InChI is InChI=1S/C13H9.C13H10.C11H17.Zr/c1-3-7-12-10(5-1)9-11-6-2-4-8-13(11)12;1-3-7-12(8-4-1)11-13-9-5-2-6-10-13;1-8(2)10-5-6-11(7-10)9(3)4;/h1-9H;1-10H;7-9H,5H2,1-4H3;. The molecule has 0 aromatic heterocycles. The van der Waals surface area contributed by atoms with E-state index in [1.54, 1.807) is 28.8 Å². The van der Waals surface area contributed by atoms with Crippen molar-refractivity contribution in [2.24, 2.45) is 11.8 Å². The Labute approximate surface area is 235 Å². The first-order valence-corrected chi connectivity index (χ1v) is 17.9. The van der Waals surface area contributed by atoms with Gasteiger partial charge in [0.25, 0.3) is 0 Å². The third-order valence-electron chi connectivity index (χ3n) is 8.28. The van der Waals surface area contributed by atoms with E-state index < -0.39 is 21.3 Å². The third-order valence-corrected chi connectivity index (χ3v) is 16.7. The Hall–Kier alpha value is -2.89. The van der Waals surface area contributed by atoms with Gasteiger partial charge in [-0.25, -0.2) is 0 Å². The number of hydrogen-bond donors (Lipinski definition) is 0. The third kappa shape index (κ3) is 4.50. The van der Waals surface area contributed by atoms with Crippen LogP contribution in [-0.2, 0) is 21.3 Å². The van der Waals surface area contributed by atoms with Crippen LogP contribution < -0.4 is 0 Å². The zero-order valence-corrected chi connectivity index (χ0v) is 25.4. The molecule has 4 aromatic carbocycles. The van der Waals surface area contributed by atoms with E-state index in [2.05, 4.69) is 143 Å². The van der Waals surface area contributed by atoms with E-state index in [4.69, 9.17) is 0 Å². The fourth-order valence-electron chi connectivity index (χ4n) is 6.40. The summed E-state index contributed by atoms with van der Waals surface area (Å²) in [4.78, 5) is 0. The summed E-state index contributed by atoms with van der Waals surface area (Å²) in [6, 6.07) is 41.1. The minimum absolute atomic E-state index is 0.462. The quantitative estimate of drug-likeness (QED) is 0.216. The summed E-state index contributed by atoms with van der Waals surface area (Å²) in [5, 5.41) is 0. The molecule has 188 valence electrons. The van der Waals surface area contributed by atoms with Crippen molar-refractivity contribution in [3.63, 3.8) is 0 Å². The molecule has 2 aliphatic rings. The molecule has 0 nitrogen and oxygen atoms in total. The first-order chi connectivity index (χ1) is 18.5. The van der Waals surface area contributed by atoms with Crippen LogP contribution >= 0.6 is 0 Å². The molecule has 0 N–H and O–H groups in total. The summed E-state index contributed by atoms with van der Waals surface area (Å²) in [5.41, 5.74) is 12.0. The normalized spacial score (nSPS) is 14.6. The number of benzene rings is 4. The van der Waals surface area contributed by atoms with Crippen LogP contribution in [0.1, 0.15) is 60.0 Å². The Bertz CT molecular complexity index is 1480. The van der Waals surface area contributed by atoms with E-state index in [-0.39, 0.29) is 0 Å². The van der Waals surface area contributed by atoms with Gasteiger partial charge in [-0.05, 0) is 0 Å². The minimum atomic E-state index is -2.69. The van der Waals surface area contributed by atoms with Crippen molar-refractivity contribution in [2.75, 3.05) is 0 Å². The molecule has 0 atom stereocenters. The number of rotatable bonds is 6. The van der Waals surface area contributed by atoms with E-state index in [1.165, 1.54) is 22.3 Å². The fraction of sp³-hybridized carbons (Fsp3) is 0.216. The van der Waals surface area contributed by atoms with Gasteiger partial charge in [0.1, 0.15) is 0 Å². The number of hydrogen-bond acceptors (Lipinski definition) is 0. The van der Waals surface area contributed by atoms with Gasteiger partial charge in [-0.15, -0.1) is 0 Å². The monoisotopic (exact) mass is 570 g/mol. The van der Waals surface area contributed by atoms with Gasteiger partial charge in [0.2, 0.25) is 0 Å². The predicted octanol–water partition coefficient (Wildman–Crippen LogP) is 9.54. The van der Waals surface area contributed by atoms with Gasteiger partial charge in [-0.2, -0.15) is 0 Å². The molecule has 0 radical (unpaired) electrons. The Morgan fingerprint density at radius 1 is 0.605 bits per heavy atom. The van der Waals surface area contributed by atoms with E-state index in [9.17, 15) is 0 Å². The summed E-state index contributed by atoms with van der Waals surface area (Å²) in [5.74, 6) is 1.10. The van der Waals surface area contributed by atoms with Gasteiger partial charge in [0.05, 0.1) is 0 Å². The Morgan fingerprint density at radius 2 is 1.08 bits per heavy atom. The Kier molecular flexibility index (Phi) is 7.15. The predicted molar refractivity (Wildman–Crippen MR) is 159 cm³/mol. The molecule has 0 saturated carbocycles. The first kappa shape index (κ1) is 25.4. The van der Waals surface area contributed by atoms with Crippen molar-refractivity contribution in [3.8, 4) is 11.1 Å². The van der Waals surface area contributed by atoms with Crippen LogP contribution in [0.25, 0.3) is 11.1 Å². The van der Waals surface area contributed by atoms with Crippen molar-refractivity contribution < 1.29 is 21.3 Å². The second kappa shape index (κ2) is 10.7.